The second kappa shape index (κ2) is 8.72. The molecule has 1 atom stereocenters. The van der Waals surface area contributed by atoms with Gasteiger partial charge in [-0.05, 0) is 42.2 Å². The Morgan fingerprint density at radius 3 is 2.63 bits per heavy atom. The Hall–Kier alpha value is -0.390. The first kappa shape index (κ1) is 16.7. The van der Waals surface area contributed by atoms with E-state index in [4.69, 9.17) is 4.74 Å². The molecule has 1 aromatic heterocycles. The van der Waals surface area contributed by atoms with Crippen LogP contribution in [0.5, 0.6) is 0 Å². The van der Waals surface area contributed by atoms with Gasteiger partial charge in [0.1, 0.15) is 0 Å². The van der Waals surface area contributed by atoms with E-state index in [1.807, 2.05) is 18.8 Å². The summed E-state index contributed by atoms with van der Waals surface area (Å²) in [6.45, 7) is 5.93. The van der Waals surface area contributed by atoms with Crippen molar-refractivity contribution in [1.82, 2.24) is 15.1 Å². The van der Waals surface area contributed by atoms with E-state index in [1.165, 1.54) is 5.69 Å². The summed E-state index contributed by atoms with van der Waals surface area (Å²) < 4.78 is 8.71. The maximum absolute atomic E-state index is 5.57. The first-order chi connectivity index (χ1) is 9.13. The second-order valence-corrected chi connectivity index (χ2v) is 5.57. The predicted octanol–water partition coefficient (Wildman–Crippen LogP) is 2.69. The number of rotatable bonds is 9. The van der Waals surface area contributed by atoms with E-state index in [9.17, 15) is 0 Å². The molecule has 0 spiro atoms. The van der Waals surface area contributed by atoms with Crippen molar-refractivity contribution >= 4 is 15.9 Å². The number of ether oxygens (including phenoxy) is 1. The standard InChI is InChI=1S/C14H26BrN3O/c1-5-8-19-9-7-11(16-3)10-13-14(15)12(6-2)17-18(13)4/h11,16H,5-10H2,1-4H3. The van der Waals surface area contributed by atoms with Gasteiger partial charge in [-0.15, -0.1) is 0 Å². The van der Waals surface area contributed by atoms with Crippen LogP contribution >= 0.6 is 15.9 Å². The highest BCUT2D eigenvalue weighted by molar-refractivity contribution is 9.10. The number of hydrogen-bond acceptors (Lipinski definition) is 3. The van der Waals surface area contributed by atoms with Crippen molar-refractivity contribution in [2.24, 2.45) is 7.05 Å². The predicted molar refractivity (Wildman–Crippen MR) is 82.6 cm³/mol. The molecule has 110 valence electrons. The molecule has 0 saturated carbocycles. The van der Waals surface area contributed by atoms with E-state index >= 15 is 0 Å². The summed E-state index contributed by atoms with van der Waals surface area (Å²) in [7, 11) is 4.02. The summed E-state index contributed by atoms with van der Waals surface area (Å²) in [5.74, 6) is 0. The van der Waals surface area contributed by atoms with Gasteiger partial charge in [-0.2, -0.15) is 5.10 Å². The molecule has 1 heterocycles. The lowest BCUT2D eigenvalue weighted by molar-refractivity contribution is 0.125. The van der Waals surface area contributed by atoms with Crippen molar-refractivity contribution in [3.63, 3.8) is 0 Å². The Morgan fingerprint density at radius 2 is 2.11 bits per heavy atom. The molecule has 1 N–H and O–H groups in total. The van der Waals surface area contributed by atoms with Crippen LogP contribution in [0.25, 0.3) is 0 Å². The van der Waals surface area contributed by atoms with Gasteiger partial charge < -0.3 is 10.1 Å². The normalized spacial score (nSPS) is 12.9. The van der Waals surface area contributed by atoms with Gasteiger partial charge >= 0.3 is 0 Å². The van der Waals surface area contributed by atoms with Crippen LogP contribution in [-0.4, -0.2) is 36.1 Å². The van der Waals surface area contributed by atoms with Gasteiger partial charge in [0.15, 0.2) is 0 Å². The topological polar surface area (TPSA) is 39.1 Å². The molecule has 0 fully saturated rings. The Morgan fingerprint density at radius 1 is 1.37 bits per heavy atom. The van der Waals surface area contributed by atoms with E-state index in [2.05, 4.69) is 40.2 Å². The van der Waals surface area contributed by atoms with Gasteiger partial charge in [-0.25, -0.2) is 0 Å². The molecule has 0 amide bonds. The largest absolute Gasteiger partial charge is 0.381 e. The quantitative estimate of drug-likeness (QED) is 0.707. The minimum Gasteiger partial charge on any atom is -0.381 e. The molecular formula is C14H26BrN3O. The van der Waals surface area contributed by atoms with Crippen LogP contribution in [0, 0.1) is 0 Å². The van der Waals surface area contributed by atoms with Crippen LogP contribution in [0.1, 0.15) is 38.1 Å². The molecule has 1 aromatic rings. The Bertz CT molecular complexity index is 379. The third-order valence-electron chi connectivity index (χ3n) is 3.31. The van der Waals surface area contributed by atoms with Crippen molar-refractivity contribution in [2.45, 2.75) is 45.6 Å². The molecule has 1 unspecified atom stereocenters. The fourth-order valence-corrected chi connectivity index (χ4v) is 2.87. The third-order valence-corrected chi connectivity index (χ3v) is 4.23. The molecule has 4 nitrogen and oxygen atoms in total. The van der Waals surface area contributed by atoms with Crippen molar-refractivity contribution < 1.29 is 4.74 Å². The van der Waals surface area contributed by atoms with Gasteiger partial charge in [-0.1, -0.05) is 13.8 Å². The summed E-state index contributed by atoms with van der Waals surface area (Å²) in [6, 6.07) is 0.424. The molecule has 0 aromatic carbocycles. The van der Waals surface area contributed by atoms with E-state index in [1.54, 1.807) is 0 Å². The molecule has 5 heteroatoms. The molecule has 0 radical (unpaired) electrons. The summed E-state index contributed by atoms with van der Waals surface area (Å²) >= 11 is 3.67. The number of nitrogens with zero attached hydrogens (tertiary/aromatic N) is 2. The maximum Gasteiger partial charge on any atom is 0.0766 e. The molecule has 0 bridgehead atoms. The Kier molecular flexibility index (Phi) is 7.64. The maximum atomic E-state index is 5.57. The molecule has 0 aliphatic heterocycles. The minimum absolute atomic E-state index is 0.424. The first-order valence-electron chi connectivity index (χ1n) is 7.09. The summed E-state index contributed by atoms with van der Waals surface area (Å²) in [5.41, 5.74) is 2.39. The zero-order chi connectivity index (χ0) is 14.3. The van der Waals surface area contributed by atoms with Gasteiger partial charge in [-0.3, -0.25) is 4.68 Å². The molecule has 0 aliphatic carbocycles. The SMILES string of the molecule is CCCOCCC(Cc1c(Br)c(CC)nn1C)NC. The average molecular weight is 332 g/mol. The summed E-state index contributed by atoms with van der Waals surface area (Å²) in [6.07, 6.45) is 4.03. The van der Waals surface area contributed by atoms with E-state index in [-0.39, 0.29) is 0 Å². The minimum atomic E-state index is 0.424. The lowest BCUT2D eigenvalue weighted by Gasteiger charge is -2.16. The van der Waals surface area contributed by atoms with Gasteiger partial charge in [0, 0.05) is 32.7 Å². The number of aromatic nitrogens is 2. The van der Waals surface area contributed by atoms with Crippen molar-refractivity contribution in [3.05, 3.63) is 15.9 Å². The van der Waals surface area contributed by atoms with Crippen LogP contribution in [0.4, 0.5) is 0 Å². The number of likely N-dealkylation sites (N-methyl/N-ethyl adjacent to an activating group) is 1. The lowest BCUT2D eigenvalue weighted by Crippen LogP contribution is -2.30. The smallest absolute Gasteiger partial charge is 0.0766 e. The number of nitrogens with one attached hydrogen (secondary N) is 1. The Balaban J connectivity index is 2.57. The lowest BCUT2D eigenvalue weighted by atomic mass is 10.1. The highest BCUT2D eigenvalue weighted by Crippen LogP contribution is 2.23. The van der Waals surface area contributed by atoms with Crippen LogP contribution in [0.15, 0.2) is 4.47 Å². The Labute approximate surface area is 125 Å². The molecule has 0 aliphatic rings. The number of halogens is 1. The van der Waals surface area contributed by atoms with Crippen LogP contribution in [0.3, 0.4) is 0 Å². The van der Waals surface area contributed by atoms with Crippen LogP contribution < -0.4 is 5.32 Å². The third kappa shape index (κ3) is 4.89. The number of hydrogen-bond donors (Lipinski definition) is 1. The summed E-state index contributed by atoms with van der Waals surface area (Å²) in [5, 5.41) is 7.90. The monoisotopic (exact) mass is 331 g/mol. The van der Waals surface area contributed by atoms with E-state index in [0.29, 0.717) is 6.04 Å². The molecule has 0 saturated heterocycles. The van der Waals surface area contributed by atoms with Gasteiger partial charge in [0.2, 0.25) is 0 Å². The van der Waals surface area contributed by atoms with Crippen LogP contribution in [0.2, 0.25) is 0 Å². The van der Waals surface area contributed by atoms with Gasteiger partial charge in [0.25, 0.3) is 0 Å². The highest BCUT2D eigenvalue weighted by Gasteiger charge is 2.16. The average Bonchev–Trinajstić information content (AvgIpc) is 2.69. The van der Waals surface area contributed by atoms with Crippen molar-refractivity contribution in [1.29, 1.82) is 0 Å². The number of aryl methyl sites for hydroxylation is 2. The zero-order valence-electron chi connectivity index (χ0n) is 12.5. The van der Waals surface area contributed by atoms with Gasteiger partial charge in [0.05, 0.1) is 15.9 Å². The first-order valence-corrected chi connectivity index (χ1v) is 7.88. The van der Waals surface area contributed by atoms with E-state index in [0.717, 1.165) is 49.1 Å². The summed E-state index contributed by atoms with van der Waals surface area (Å²) in [4.78, 5) is 0. The molecule has 19 heavy (non-hydrogen) atoms. The fraction of sp³-hybridized carbons (Fsp3) is 0.786. The van der Waals surface area contributed by atoms with Crippen molar-refractivity contribution in [2.75, 3.05) is 20.3 Å². The fourth-order valence-electron chi connectivity index (χ4n) is 2.10. The highest BCUT2D eigenvalue weighted by atomic mass is 79.9. The van der Waals surface area contributed by atoms with Crippen LogP contribution in [-0.2, 0) is 24.6 Å². The second-order valence-electron chi connectivity index (χ2n) is 4.78. The van der Waals surface area contributed by atoms with E-state index < -0.39 is 0 Å². The van der Waals surface area contributed by atoms with Crippen molar-refractivity contribution in [3.8, 4) is 0 Å². The zero-order valence-corrected chi connectivity index (χ0v) is 14.1. The molecule has 1 rings (SSSR count). The molecular weight excluding hydrogens is 306 g/mol.